The van der Waals surface area contributed by atoms with Gasteiger partial charge in [0.25, 0.3) is 0 Å². The molecule has 0 unspecified atom stereocenters. The molecule has 0 atom stereocenters. The molecule has 29 heavy (non-hydrogen) atoms. The van der Waals surface area contributed by atoms with Crippen molar-refractivity contribution >= 4 is 11.8 Å². The first kappa shape index (κ1) is 19.9. The number of hydrogen-bond acceptors (Lipinski definition) is 5. The molecule has 0 N–H and O–H groups in total. The number of likely N-dealkylation sites (tertiary alicyclic amines) is 1. The monoisotopic (exact) mass is 412 g/mol. The van der Waals surface area contributed by atoms with Crippen LogP contribution in [0.25, 0.3) is 5.69 Å². The smallest absolute Gasteiger partial charge is 0.195 e. The van der Waals surface area contributed by atoms with Gasteiger partial charge in [-0.25, -0.2) is 4.39 Å². The van der Waals surface area contributed by atoms with Gasteiger partial charge in [-0.1, -0.05) is 36.4 Å². The minimum absolute atomic E-state index is 0.245. The van der Waals surface area contributed by atoms with Crippen LogP contribution in [0.15, 0.2) is 59.8 Å². The lowest BCUT2D eigenvalue weighted by Crippen LogP contribution is -2.30. The summed E-state index contributed by atoms with van der Waals surface area (Å²) in [5, 5.41) is 9.69. The Labute approximate surface area is 174 Å². The number of ether oxygens (including phenoxy) is 1. The van der Waals surface area contributed by atoms with E-state index in [9.17, 15) is 4.39 Å². The fourth-order valence-electron chi connectivity index (χ4n) is 3.47. The summed E-state index contributed by atoms with van der Waals surface area (Å²) in [6, 6.07) is 16.3. The Balaban J connectivity index is 1.47. The molecule has 1 saturated heterocycles. The van der Waals surface area contributed by atoms with E-state index in [2.05, 4.69) is 15.1 Å². The van der Waals surface area contributed by atoms with E-state index in [1.54, 1.807) is 23.9 Å². The first-order valence-electron chi connectivity index (χ1n) is 10.0. The van der Waals surface area contributed by atoms with Crippen molar-refractivity contribution in [2.75, 3.05) is 25.4 Å². The molecule has 0 amide bonds. The van der Waals surface area contributed by atoms with Gasteiger partial charge in [-0.3, -0.25) is 9.47 Å². The highest BCUT2D eigenvalue weighted by Gasteiger charge is 2.18. The zero-order valence-corrected chi connectivity index (χ0v) is 17.2. The predicted molar refractivity (Wildman–Crippen MR) is 113 cm³/mol. The van der Waals surface area contributed by atoms with Crippen molar-refractivity contribution in [2.45, 2.75) is 31.0 Å². The number of para-hydroxylation sites is 1. The van der Waals surface area contributed by atoms with Crippen LogP contribution in [-0.4, -0.2) is 45.1 Å². The van der Waals surface area contributed by atoms with E-state index in [0.29, 0.717) is 6.61 Å². The molecule has 0 aliphatic carbocycles. The SMILES string of the molecule is Fc1ccc(-n2c(CN3CCCCC3)nnc2SCCOc2ccccc2)cc1. The van der Waals surface area contributed by atoms with Crippen LogP contribution >= 0.6 is 11.8 Å². The second kappa shape index (κ2) is 9.89. The molecule has 1 aliphatic rings. The summed E-state index contributed by atoms with van der Waals surface area (Å²) < 4.78 is 21.3. The third-order valence-corrected chi connectivity index (χ3v) is 5.82. The highest BCUT2D eigenvalue weighted by Crippen LogP contribution is 2.24. The first-order chi connectivity index (χ1) is 14.3. The molecular weight excluding hydrogens is 387 g/mol. The number of thioether (sulfide) groups is 1. The minimum Gasteiger partial charge on any atom is -0.493 e. The second-order valence-electron chi connectivity index (χ2n) is 7.06. The van der Waals surface area contributed by atoms with Crippen molar-refractivity contribution < 1.29 is 9.13 Å². The number of hydrogen-bond donors (Lipinski definition) is 0. The van der Waals surface area contributed by atoms with Crippen molar-refractivity contribution in [2.24, 2.45) is 0 Å². The van der Waals surface area contributed by atoms with Crippen LogP contribution < -0.4 is 4.74 Å². The van der Waals surface area contributed by atoms with Crippen LogP contribution in [0.2, 0.25) is 0 Å². The molecule has 0 bridgehead atoms. The molecule has 0 saturated carbocycles. The number of benzene rings is 2. The quantitative estimate of drug-likeness (QED) is 0.401. The molecule has 2 heterocycles. The number of halogens is 1. The van der Waals surface area contributed by atoms with Crippen molar-refractivity contribution in [3.05, 3.63) is 66.2 Å². The lowest BCUT2D eigenvalue weighted by molar-refractivity contribution is 0.214. The second-order valence-corrected chi connectivity index (χ2v) is 8.12. The van der Waals surface area contributed by atoms with E-state index in [1.807, 2.05) is 34.9 Å². The minimum atomic E-state index is -0.245. The number of aromatic nitrogens is 3. The maximum atomic E-state index is 13.4. The molecule has 4 rings (SSSR count). The molecule has 7 heteroatoms. The van der Waals surface area contributed by atoms with Crippen molar-refractivity contribution in [1.29, 1.82) is 0 Å². The van der Waals surface area contributed by atoms with Crippen molar-refractivity contribution in [1.82, 2.24) is 19.7 Å². The van der Waals surface area contributed by atoms with E-state index in [4.69, 9.17) is 4.74 Å². The highest BCUT2D eigenvalue weighted by molar-refractivity contribution is 7.99. The maximum absolute atomic E-state index is 13.4. The third kappa shape index (κ3) is 5.36. The molecule has 152 valence electrons. The predicted octanol–water partition coefficient (Wildman–Crippen LogP) is 4.56. The van der Waals surface area contributed by atoms with E-state index in [1.165, 1.54) is 31.4 Å². The number of piperidine rings is 1. The van der Waals surface area contributed by atoms with Gasteiger partial charge in [0.2, 0.25) is 0 Å². The summed E-state index contributed by atoms with van der Waals surface area (Å²) >= 11 is 1.60. The standard InChI is InChI=1S/C22H25FN4OS/c23-18-9-11-19(12-10-18)27-21(17-26-13-5-2-6-14-26)24-25-22(27)29-16-15-28-20-7-3-1-4-8-20/h1,3-4,7-12H,2,5-6,13-17H2. The first-order valence-corrected chi connectivity index (χ1v) is 11.0. The van der Waals surface area contributed by atoms with Crippen molar-refractivity contribution in [3.8, 4) is 11.4 Å². The van der Waals surface area contributed by atoms with Crippen molar-refractivity contribution in [3.63, 3.8) is 0 Å². The van der Waals surface area contributed by atoms with E-state index < -0.39 is 0 Å². The number of nitrogens with zero attached hydrogens (tertiary/aromatic N) is 4. The summed E-state index contributed by atoms with van der Waals surface area (Å²) in [4.78, 5) is 2.42. The molecule has 0 radical (unpaired) electrons. The van der Waals surface area contributed by atoms with Crippen LogP contribution in [0.1, 0.15) is 25.1 Å². The van der Waals surface area contributed by atoms with Crippen LogP contribution in [-0.2, 0) is 6.54 Å². The normalized spacial score (nSPS) is 14.8. The topological polar surface area (TPSA) is 43.2 Å². The molecule has 1 aromatic heterocycles. The Morgan fingerprint density at radius 3 is 2.45 bits per heavy atom. The van der Waals surface area contributed by atoms with Gasteiger partial charge in [-0.2, -0.15) is 0 Å². The van der Waals surface area contributed by atoms with E-state index in [0.717, 1.165) is 47.8 Å². The van der Waals surface area contributed by atoms with Gasteiger partial charge in [0.15, 0.2) is 11.0 Å². The Kier molecular flexibility index (Phi) is 6.79. The summed E-state index contributed by atoms with van der Waals surface area (Å²) in [7, 11) is 0. The fraction of sp³-hybridized carbons (Fsp3) is 0.364. The van der Waals surface area contributed by atoms with Gasteiger partial charge >= 0.3 is 0 Å². The lowest BCUT2D eigenvalue weighted by atomic mass is 10.1. The summed E-state index contributed by atoms with van der Waals surface area (Å²) in [5.41, 5.74) is 0.884. The van der Waals surface area contributed by atoms with Gasteiger partial charge in [0, 0.05) is 11.4 Å². The van der Waals surface area contributed by atoms with Gasteiger partial charge in [0.1, 0.15) is 11.6 Å². The molecule has 2 aromatic carbocycles. The van der Waals surface area contributed by atoms with Gasteiger partial charge in [0.05, 0.1) is 13.2 Å². The Bertz CT molecular complexity index is 895. The number of rotatable bonds is 8. The Morgan fingerprint density at radius 2 is 1.69 bits per heavy atom. The van der Waals surface area contributed by atoms with Crippen LogP contribution in [0.4, 0.5) is 4.39 Å². The third-order valence-electron chi connectivity index (χ3n) is 4.93. The zero-order valence-electron chi connectivity index (χ0n) is 16.3. The van der Waals surface area contributed by atoms with Gasteiger partial charge in [-0.15, -0.1) is 10.2 Å². The molecule has 0 spiro atoms. The molecule has 5 nitrogen and oxygen atoms in total. The highest BCUT2D eigenvalue weighted by atomic mass is 32.2. The molecular formula is C22H25FN4OS. The van der Waals surface area contributed by atoms with E-state index >= 15 is 0 Å². The summed E-state index contributed by atoms with van der Waals surface area (Å²) in [6.45, 7) is 3.51. The Morgan fingerprint density at radius 1 is 0.931 bits per heavy atom. The molecule has 1 fully saturated rings. The largest absolute Gasteiger partial charge is 0.493 e. The van der Waals surface area contributed by atoms with E-state index in [-0.39, 0.29) is 5.82 Å². The molecule has 3 aromatic rings. The van der Waals surface area contributed by atoms with Gasteiger partial charge < -0.3 is 4.74 Å². The zero-order chi connectivity index (χ0) is 19.9. The average Bonchev–Trinajstić information content (AvgIpc) is 3.15. The maximum Gasteiger partial charge on any atom is 0.195 e. The fourth-order valence-corrected chi connectivity index (χ4v) is 4.26. The lowest BCUT2D eigenvalue weighted by Gasteiger charge is -2.26. The van der Waals surface area contributed by atoms with Gasteiger partial charge in [-0.05, 0) is 62.3 Å². The van der Waals surface area contributed by atoms with Crippen LogP contribution in [0, 0.1) is 5.82 Å². The summed E-state index contributed by atoms with van der Waals surface area (Å²) in [5.74, 6) is 2.26. The molecule has 1 aliphatic heterocycles. The Hall–Kier alpha value is -2.38. The van der Waals surface area contributed by atoms with Crippen LogP contribution in [0.3, 0.4) is 0 Å². The van der Waals surface area contributed by atoms with Crippen LogP contribution in [0.5, 0.6) is 5.75 Å². The summed E-state index contributed by atoms with van der Waals surface area (Å²) in [6.07, 6.45) is 3.75. The average molecular weight is 413 g/mol.